The van der Waals surface area contributed by atoms with Crippen molar-refractivity contribution in [3.63, 3.8) is 0 Å². The molecule has 2 fully saturated rings. The van der Waals surface area contributed by atoms with Gasteiger partial charge in [-0.2, -0.15) is 4.39 Å². The van der Waals surface area contributed by atoms with E-state index in [0.29, 0.717) is 5.56 Å². The number of phosphoric acid groups is 1. The lowest BCUT2D eigenvalue weighted by Crippen LogP contribution is -2.34. The van der Waals surface area contributed by atoms with E-state index in [0.717, 1.165) is 10.8 Å². The summed E-state index contributed by atoms with van der Waals surface area (Å²) in [7, 11) is -3.90. The Morgan fingerprint density at radius 3 is 2.79 bits per heavy atom. The number of nitrogens with zero attached hydrogens (tertiary/aromatic N) is 1. The standard InChI is InChI=1S/C17H17F2N2O7P/c18-11-4-2-1-3-10(11)5-6-25-29(24)26-9-14-13(28-29)7-15(27-14)21-8-12(19)16(22)20-17(21)23/h1-4,8,13-15H,5-7,9H2,(H,20,22,23)/t13-,14+,15+,29?/m0/s1. The molecule has 0 spiro atoms. The minimum absolute atomic E-state index is 0.0695. The Labute approximate surface area is 162 Å². The van der Waals surface area contributed by atoms with Crippen LogP contribution < -0.4 is 11.2 Å². The van der Waals surface area contributed by atoms with Crippen LogP contribution in [-0.4, -0.2) is 35.0 Å². The summed E-state index contributed by atoms with van der Waals surface area (Å²) in [5, 5.41) is 0. The Morgan fingerprint density at radius 2 is 2.00 bits per heavy atom. The van der Waals surface area contributed by atoms with Gasteiger partial charge in [-0.15, -0.1) is 0 Å². The minimum Gasteiger partial charge on any atom is -0.349 e. The van der Waals surface area contributed by atoms with E-state index >= 15 is 0 Å². The zero-order valence-corrected chi connectivity index (χ0v) is 15.8. The van der Waals surface area contributed by atoms with E-state index in [1.54, 1.807) is 18.2 Å². The average molecular weight is 430 g/mol. The Balaban J connectivity index is 1.39. The number of fused-ring (bicyclic) bond motifs is 1. The molecule has 0 radical (unpaired) electrons. The normalized spacial score (nSPS) is 29.0. The molecular weight excluding hydrogens is 413 g/mol. The molecule has 156 valence electrons. The molecule has 2 aromatic rings. The summed E-state index contributed by atoms with van der Waals surface area (Å²) in [5.41, 5.74) is -1.57. The van der Waals surface area contributed by atoms with Gasteiger partial charge >= 0.3 is 13.5 Å². The summed E-state index contributed by atoms with van der Waals surface area (Å²) in [5.74, 6) is -1.53. The van der Waals surface area contributed by atoms with E-state index in [9.17, 15) is 22.9 Å². The molecule has 4 rings (SSSR count). The van der Waals surface area contributed by atoms with Crippen molar-refractivity contribution < 1.29 is 31.7 Å². The summed E-state index contributed by atoms with van der Waals surface area (Å²) >= 11 is 0. The van der Waals surface area contributed by atoms with Gasteiger partial charge in [-0.3, -0.25) is 27.9 Å². The summed E-state index contributed by atoms with van der Waals surface area (Å²) < 4.78 is 62.2. The number of hydrogen-bond acceptors (Lipinski definition) is 7. The van der Waals surface area contributed by atoms with E-state index in [2.05, 4.69) is 0 Å². The predicted molar refractivity (Wildman–Crippen MR) is 94.3 cm³/mol. The van der Waals surface area contributed by atoms with E-state index in [4.69, 9.17) is 18.3 Å². The van der Waals surface area contributed by atoms with Gasteiger partial charge in [0.1, 0.15) is 24.3 Å². The lowest BCUT2D eigenvalue weighted by atomic mass is 10.1. The molecule has 2 aliphatic heterocycles. The first-order valence-corrected chi connectivity index (χ1v) is 10.3. The smallest absolute Gasteiger partial charge is 0.349 e. The van der Waals surface area contributed by atoms with Gasteiger partial charge in [0, 0.05) is 6.42 Å². The number of hydrogen-bond donors (Lipinski definition) is 1. The molecule has 9 nitrogen and oxygen atoms in total. The van der Waals surface area contributed by atoms with Crippen LogP contribution >= 0.6 is 7.82 Å². The molecule has 29 heavy (non-hydrogen) atoms. The molecule has 2 aliphatic rings. The summed E-state index contributed by atoms with van der Waals surface area (Å²) in [6.07, 6.45) is -1.33. The first-order valence-electron chi connectivity index (χ1n) is 8.82. The van der Waals surface area contributed by atoms with Crippen molar-refractivity contribution in [2.24, 2.45) is 0 Å². The number of phosphoric ester groups is 1. The summed E-state index contributed by atoms with van der Waals surface area (Å²) in [6, 6.07) is 6.14. The molecule has 2 saturated heterocycles. The number of ether oxygens (including phenoxy) is 1. The quantitative estimate of drug-likeness (QED) is 0.722. The van der Waals surface area contributed by atoms with Crippen molar-refractivity contribution in [1.29, 1.82) is 0 Å². The minimum atomic E-state index is -3.90. The third-order valence-electron chi connectivity index (χ3n) is 4.66. The second-order valence-corrected chi connectivity index (χ2v) is 8.19. The van der Waals surface area contributed by atoms with Gasteiger partial charge in [0.15, 0.2) is 0 Å². The van der Waals surface area contributed by atoms with Crippen molar-refractivity contribution in [3.8, 4) is 0 Å². The van der Waals surface area contributed by atoms with Crippen LogP contribution in [0.5, 0.6) is 0 Å². The lowest BCUT2D eigenvalue weighted by Gasteiger charge is -2.29. The van der Waals surface area contributed by atoms with Gasteiger partial charge in [0.05, 0.1) is 19.4 Å². The first kappa shape index (κ1) is 20.1. The molecule has 1 aromatic carbocycles. The predicted octanol–water partition coefficient (Wildman–Crippen LogP) is 1.89. The zero-order valence-electron chi connectivity index (χ0n) is 15.0. The van der Waals surface area contributed by atoms with Crippen LogP contribution in [0.1, 0.15) is 18.2 Å². The Hall–Kier alpha value is -2.17. The molecule has 1 unspecified atom stereocenters. The molecule has 3 heterocycles. The molecule has 1 N–H and O–H groups in total. The second kappa shape index (κ2) is 7.92. The average Bonchev–Trinajstić information content (AvgIpc) is 3.08. The number of aromatic nitrogens is 2. The maximum Gasteiger partial charge on any atom is 0.475 e. The van der Waals surface area contributed by atoms with Gasteiger partial charge in [0.2, 0.25) is 5.82 Å². The van der Waals surface area contributed by atoms with E-state index in [-0.39, 0.29) is 26.1 Å². The first-order chi connectivity index (χ1) is 13.8. The molecule has 0 aliphatic carbocycles. The maximum atomic E-state index is 13.6. The lowest BCUT2D eigenvalue weighted by molar-refractivity contribution is -0.0722. The fourth-order valence-electron chi connectivity index (χ4n) is 3.20. The fourth-order valence-corrected chi connectivity index (χ4v) is 4.60. The van der Waals surface area contributed by atoms with E-state index in [1.165, 1.54) is 6.07 Å². The topological polar surface area (TPSA) is 109 Å². The van der Waals surface area contributed by atoms with Crippen molar-refractivity contribution >= 4 is 7.82 Å². The van der Waals surface area contributed by atoms with Crippen LogP contribution in [0.2, 0.25) is 0 Å². The van der Waals surface area contributed by atoms with Gasteiger partial charge < -0.3 is 4.74 Å². The van der Waals surface area contributed by atoms with Gasteiger partial charge in [0.25, 0.3) is 5.56 Å². The van der Waals surface area contributed by atoms with Crippen LogP contribution in [0, 0.1) is 11.6 Å². The van der Waals surface area contributed by atoms with Crippen LogP contribution in [0.4, 0.5) is 8.78 Å². The monoisotopic (exact) mass is 430 g/mol. The van der Waals surface area contributed by atoms with Gasteiger partial charge in [-0.05, 0) is 18.1 Å². The highest BCUT2D eigenvalue weighted by molar-refractivity contribution is 7.48. The SMILES string of the molecule is O=c1[nH]c(=O)n([C@H]2C[C@@H]3OP(=O)(OCCc4ccccc4F)OC[C@H]3O2)cc1F. The zero-order chi connectivity index (χ0) is 20.6. The number of rotatable bonds is 5. The van der Waals surface area contributed by atoms with Crippen LogP contribution in [0.15, 0.2) is 40.1 Å². The van der Waals surface area contributed by atoms with E-state index < -0.39 is 49.1 Å². The van der Waals surface area contributed by atoms with E-state index in [1.807, 2.05) is 4.98 Å². The highest BCUT2D eigenvalue weighted by atomic mass is 31.2. The number of halogens is 2. The van der Waals surface area contributed by atoms with Crippen molar-refractivity contribution in [2.75, 3.05) is 13.2 Å². The number of H-pyrrole nitrogens is 1. The van der Waals surface area contributed by atoms with Gasteiger partial charge in [-0.25, -0.2) is 13.8 Å². The largest absolute Gasteiger partial charge is 0.475 e. The van der Waals surface area contributed by atoms with Crippen molar-refractivity contribution in [1.82, 2.24) is 9.55 Å². The molecule has 12 heteroatoms. The highest BCUT2D eigenvalue weighted by Crippen LogP contribution is 2.56. The third kappa shape index (κ3) is 4.24. The number of benzene rings is 1. The van der Waals surface area contributed by atoms with Crippen LogP contribution in [-0.2, 0) is 29.3 Å². The molecular formula is C17H17F2N2O7P. The third-order valence-corrected chi connectivity index (χ3v) is 6.15. The Kier molecular flexibility index (Phi) is 5.50. The molecule has 4 atom stereocenters. The Bertz CT molecular complexity index is 1070. The van der Waals surface area contributed by atoms with Crippen molar-refractivity contribution in [2.45, 2.75) is 31.3 Å². The van der Waals surface area contributed by atoms with Gasteiger partial charge in [-0.1, -0.05) is 18.2 Å². The van der Waals surface area contributed by atoms with Crippen LogP contribution in [0.25, 0.3) is 0 Å². The number of aromatic amines is 1. The molecule has 0 bridgehead atoms. The highest BCUT2D eigenvalue weighted by Gasteiger charge is 2.48. The molecule has 1 aromatic heterocycles. The van der Waals surface area contributed by atoms with Crippen LogP contribution in [0.3, 0.4) is 0 Å². The molecule has 0 amide bonds. The maximum absolute atomic E-state index is 13.6. The second-order valence-electron chi connectivity index (χ2n) is 6.57. The fraction of sp³-hybridized carbons (Fsp3) is 0.412. The van der Waals surface area contributed by atoms with Crippen molar-refractivity contribution in [3.05, 3.63) is 68.5 Å². The molecule has 0 saturated carbocycles. The summed E-state index contributed by atoms with van der Waals surface area (Å²) in [4.78, 5) is 24.9. The number of nitrogens with one attached hydrogen (secondary N) is 1. The Morgan fingerprint density at radius 1 is 1.21 bits per heavy atom. The summed E-state index contributed by atoms with van der Waals surface area (Å²) in [6.45, 7) is -0.219.